The molecule has 0 aromatic heterocycles. The van der Waals surface area contributed by atoms with Crippen LogP contribution < -0.4 is 5.32 Å². The quantitative estimate of drug-likeness (QED) is 0.768. The molecule has 1 nitrogen and oxygen atoms in total. The Morgan fingerprint density at radius 3 is 2.38 bits per heavy atom. The first-order valence-electron chi connectivity index (χ1n) is 6.35. The molecule has 1 atom stereocenters. The summed E-state index contributed by atoms with van der Waals surface area (Å²) in [6, 6.07) is 11.4. The summed E-state index contributed by atoms with van der Waals surface area (Å²) in [6.07, 6.45) is 2.38. The van der Waals surface area contributed by atoms with Gasteiger partial charge in [-0.1, -0.05) is 51.1 Å². The average Bonchev–Trinajstić information content (AvgIpc) is 2.27. The van der Waals surface area contributed by atoms with Crippen LogP contribution in [0.3, 0.4) is 0 Å². The molecule has 0 radical (unpaired) electrons. The number of hydrogen-bond acceptors (Lipinski definition) is 1. The maximum atomic E-state index is 3.56. The van der Waals surface area contributed by atoms with Crippen molar-refractivity contribution in [3.63, 3.8) is 0 Å². The van der Waals surface area contributed by atoms with E-state index in [0.717, 1.165) is 6.54 Å². The van der Waals surface area contributed by atoms with Crippen molar-refractivity contribution in [2.24, 2.45) is 0 Å². The minimum atomic E-state index is 0.251. The van der Waals surface area contributed by atoms with E-state index in [1.807, 2.05) is 0 Å². The standard InChI is InChI=1S/C15H25N/c1-5-11-16-13(2)12-15(3,4)14-9-7-6-8-10-14/h6-10,13,16H,5,11-12H2,1-4H3. The molecule has 1 aromatic carbocycles. The van der Waals surface area contributed by atoms with Gasteiger partial charge in [0.05, 0.1) is 0 Å². The SMILES string of the molecule is CCCNC(C)CC(C)(C)c1ccccc1. The number of nitrogens with one attached hydrogen (secondary N) is 1. The first kappa shape index (κ1) is 13.2. The highest BCUT2D eigenvalue weighted by molar-refractivity contribution is 5.23. The zero-order chi connectivity index (χ0) is 12.0. The monoisotopic (exact) mass is 219 g/mol. The maximum Gasteiger partial charge on any atom is 0.00470 e. The molecule has 0 spiro atoms. The second-order valence-electron chi connectivity index (χ2n) is 5.31. The molecule has 1 rings (SSSR count). The Labute approximate surface area is 100 Å². The third-order valence-corrected chi connectivity index (χ3v) is 3.11. The fourth-order valence-electron chi connectivity index (χ4n) is 2.24. The van der Waals surface area contributed by atoms with Crippen molar-refractivity contribution in [2.45, 2.75) is 52.0 Å². The third-order valence-electron chi connectivity index (χ3n) is 3.11. The lowest BCUT2D eigenvalue weighted by Crippen LogP contribution is -2.33. The van der Waals surface area contributed by atoms with Crippen molar-refractivity contribution in [3.05, 3.63) is 35.9 Å². The molecule has 0 saturated heterocycles. The molecule has 0 fully saturated rings. The van der Waals surface area contributed by atoms with Gasteiger partial charge < -0.3 is 5.32 Å². The fourth-order valence-corrected chi connectivity index (χ4v) is 2.24. The van der Waals surface area contributed by atoms with Crippen molar-refractivity contribution < 1.29 is 0 Å². The van der Waals surface area contributed by atoms with Gasteiger partial charge in [-0.05, 0) is 37.3 Å². The molecule has 0 heterocycles. The Balaban J connectivity index is 2.58. The van der Waals surface area contributed by atoms with Crippen LogP contribution in [0.25, 0.3) is 0 Å². The predicted molar refractivity (Wildman–Crippen MR) is 71.8 cm³/mol. The van der Waals surface area contributed by atoms with Crippen LogP contribution in [0.1, 0.15) is 46.1 Å². The highest BCUT2D eigenvalue weighted by atomic mass is 14.9. The van der Waals surface area contributed by atoms with Crippen LogP contribution in [-0.2, 0) is 5.41 Å². The number of rotatable bonds is 6. The van der Waals surface area contributed by atoms with Gasteiger partial charge in [-0.25, -0.2) is 0 Å². The lowest BCUT2D eigenvalue weighted by molar-refractivity contribution is 0.389. The molecule has 0 amide bonds. The largest absolute Gasteiger partial charge is 0.314 e. The van der Waals surface area contributed by atoms with Gasteiger partial charge in [0.1, 0.15) is 0 Å². The van der Waals surface area contributed by atoms with Crippen molar-refractivity contribution in [2.75, 3.05) is 6.54 Å². The molecule has 1 aromatic rings. The molecule has 1 N–H and O–H groups in total. The van der Waals surface area contributed by atoms with Crippen LogP contribution in [0.4, 0.5) is 0 Å². The van der Waals surface area contributed by atoms with E-state index in [1.165, 1.54) is 18.4 Å². The van der Waals surface area contributed by atoms with Crippen molar-refractivity contribution in [1.29, 1.82) is 0 Å². The summed E-state index contributed by atoms with van der Waals surface area (Å²) in [4.78, 5) is 0. The Kier molecular flexibility index (Phi) is 5.01. The minimum absolute atomic E-state index is 0.251. The van der Waals surface area contributed by atoms with Gasteiger partial charge in [-0.2, -0.15) is 0 Å². The van der Waals surface area contributed by atoms with E-state index in [4.69, 9.17) is 0 Å². The topological polar surface area (TPSA) is 12.0 Å². The van der Waals surface area contributed by atoms with E-state index in [1.54, 1.807) is 0 Å². The van der Waals surface area contributed by atoms with Crippen LogP contribution in [0.15, 0.2) is 30.3 Å². The van der Waals surface area contributed by atoms with Crippen LogP contribution >= 0.6 is 0 Å². The summed E-state index contributed by atoms with van der Waals surface area (Å²) in [6.45, 7) is 10.3. The molecular weight excluding hydrogens is 194 g/mol. The zero-order valence-electron chi connectivity index (χ0n) is 11.1. The molecule has 1 heteroatoms. The lowest BCUT2D eigenvalue weighted by Gasteiger charge is -2.29. The van der Waals surface area contributed by atoms with E-state index < -0.39 is 0 Å². The van der Waals surface area contributed by atoms with Gasteiger partial charge in [0.2, 0.25) is 0 Å². The van der Waals surface area contributed by atoms with E-state index in [-0.39, 0.29) is 5.41 Å². The van der Waals surface area contributed by atoms with Crippen molar-refractivity contribution >= 4 is 0 Å². The normalized spacial score (nSPS) is 13.8. The first-order valence-corrected chi connectivity index (χ1v) is 6.35. The molecule has 0 saturated carbocycles. The van der Waals surface area contributed by atoms with E-state index in [0.29, 0.717) is 6.04 Å². The van der Waals surface area contributed by atoms with Gasteiger partial charge in [0, 0.05) is 6.04 Å². The lowest BCUT2D eigenvalue weighted by atomic mass is 9.79. The Morgan fingerprint density at radius 2 is 1.81 bits per heavy atom. The Hall–Kier alpha value is -0.820. The van der Waals surface area contributed by atoms with E-state index >= 15 is 0 Å². The average molecular weight is 219 g/mol. The van der Waals surface area contributed by atoms with Gasteiger partial charge in [-0.3, -0.25) is 0 Å². The minimum Gasteiger partial charge on any atom is -0.314 e. The molecule has 0 aliphatic heterocycles. The molecule has 90 valence electrons. The van der Waals surface area contributed by atoms with E-state index in [2.05, 4.69) is 63.3 Å². The van der Waals surface area contributed by atoms with Crippen molar-refractivity contribution in [3.8, 4) is 0 Å². The summed E-state index contributed by atoms with van der Waals surface area (Å²) in [5, 5.41) is 3.56. The Morgan fingerprint density at radius 1 is 1.19 bits per heavy atom. The Bertz CT molecular complexity index is 290. The van der Waals surface area contributed by atoms with Crippen LogP contribution in [0, 0.1) is 0 Å². The highest BCUT2D eigenvalue weighted by Crippen LogP contribution is 2.27. The summed E-state index contributed by atoms with van der Waals surface area (Å²) in [7, 11) is 0. The third kappa shape index (κ3) is 3.97. The second kappa shape index (κ2) is 6.05. The summed E-state index contributed by atoms with van der Waals surface area (Å²) >= 11 is 0. The van der Waals surface area contributed by atoms with Crippen LogP contribution in [0.2, 0.25) is 0 Å². The van der Waals surface area contributed by atoms with Gasteiger partial charge in [0.15, 0.2) is 0 Å². The van der Waals surface area contributed by atoms with Gasteiger partial charge >= 0.3 is 0 Å². The van der Waals surface area contributed by atoms with Crippen molar-refractivity contribution in [1.82, 2.24) is 5.32 Å². The van der Waals surface area contributed by atoms with Crippen LogP contribution in [0.5, 0.6) is 0 Å². The maximum absolute atomic E-state index is 3.56. The summed E-state index contributed by atoms with van der Waals surface area (Å²) in [5.74, 6) is 0. The predicted octanol–water partition coefficient (Wildman–Crippen LogP) is 3.74. The summed E-state index contributed by atoms with van der Waals surface area (Å²) in [5.41, 5.74) is 1.68. The smallest absolute Gasteiger partial charge is 0.00470 e. The number of hydrogen-bond donors (Lipinski definition) is 1. The fraction of sp³-hybridized carbons (Fsp3) is 0.600. The molecule has 0 aliphatic rings. The zero-order valence-corrected chi connectivity index (χ0v) is 11.1. The van der Waals surface area contributed by atoms with Gasteiger partial charge in [0.25, 0.3) is 0 Å². The van der Waals surface area contributed by atoms with Gasteiger partial charge in [-0.15, -0.1) is 0 Å². The number of benzene rings is 1. The molecule has 16 heavy (non-hydrogen) atoms. The molecule has 0 aliphatic carbocycles. The first-order chi connectivity index (χ1) is 7.56. The molecule has 1 unspecified atom stereocenters. The second-order valence-corrected chi connectivity index (χ2v) is 5.31. The molecule has 0 bridgehead atoms. The highest BCUT2D eigenvalue weighted by Gasteiger charge is 2.22. The molecular formula is C15H25N. The van der Waals surface area contributed by atoms with E-state index in [9.17, 15) is 0 Å². The summed E-state index contributed by atoms with van der Waals surface area (Å²) < 4.78 is 0. The van der Waals surface area contributed by atoms with Crippen LogP contribution in [-0.4, -0.2) is 12.6 Å².